The van der Waals surface area contributed by atoms with Crippen LogP contribution in [0.5, 0.6) is 11.5 Å². The van der Waals surface area contributed by atoms with Crippen molar-refractivity contribution in [2.24, 2.45) is 0 Å². The van der Waals surface area contributed by atoms with Crippen LogP contribution in [0.15, 0.2) is 52.5 Å². The number of hydrogen-bond acceptors (Lipinski definition) is 4. The second-order valence-corrected chi connectivity index (χ2v) is 8.92. The first-order valence-corrected chi connectivity index (χ1v) is 10.8. The summed E-state index contributed by atoms with van der Waals surface area (Å²) in [5.74, 6) is 3.14. The van der Waals surface area contributed by atoms with E-state index in [1.54, 1.807) is 6.07 Å². The highest BCUT2D eigenvalue weighted by molar-refractivity contribution is 5.45. The summed E-state index contributed by atoms with van der Waals surface area (Å²) in [5.41, 5.74) is 4.71. The maximum atomic E-state index is 10.6. The first-order chi connectivity index (χ1) is 13.9. The lowest BCUT2D eigenvalue weighted by atomic mass is 9.83. The third-order valence-electron chi connectivity index (χ3n) is 6.26. The van der Waals surface area contributed by atoms with Crippen molar-refractivity contribution in [3.8, 4) is 11.5 Å². The van der Waals surface area contributed by atoms with Crippen molar-refractivity contribution in [2.75, 3.05) is 13.2 Å². The summed E-state index contributed by atoms with van der Waals surface area (Å²) in [7, 11) is 0. The van der Waals surface area contributed by atoms with E-state index in [4.69, 9.17) is 14.2 Å². The van der Waals surface area contributed by atoms with Crippen LogP contribution in [0.2, 0.25) is 0 Å². The van der Waals surface area contributed by atoms with Crippen LogP contribution < -0.4 is 4.74 Å². The third-order valence-corrected chi connectivity index (χ3v) is 6.26. The highest BCUT2D eigenvalue weighted by Crippen LogP contribution is 2.43. The number of allylic oxidation sites excluding steroid dienone is 5. The lowest BCUT2D eigenvalue weighted by Crippen LogP contribution is -2.30. The Kier molecular flexibility index (Phi) is 5.37. The van der Waals surface area contributed by atoms with Crippen molar-refractivity contribution in [1.29, 1.82) is 0 Å². The van der Waals surface area contributed by atoms with Crippen LogP contribution in [-0.2, 0) is 9.47 Å². The van der Waals surface area contributed by atoms with Crippen molar-refractivity contribution in [3.05, 3.63) is 58.1 Å². The fourth-order valence-corrected chi connectivity index (χ4v) is 4.57. The van der Waals surface area contributed by atoms with Gasteiger partial charge in [0.05, 0.1) is 13.2 Å². The van der Waals surface area contributed by atoms with E-state index in [1.807, 2.05) is 19.1 Å². The van der Waals surface area contributed by atoms with Gasteiger partial charge >= 0.3 is 0 Å². The number of benzene rings is 1. The van der Waals surface area contributed by atoms with E-state index < -0.39 is 0 Å². The molecule has 1 aromatic carbocycles. The zero-order valence-corrected chi connectivity index (χ0v) is 18.0. The predicted octanol–water partition coefficient (Wildman–Crippen LogP) is 6.13. The normalized spacial score (nSPS) is 30.5. The number of ether oxygens (including phenoxy) is 3. The molecule has 29 heavy (non-hydrogen) atoms. The summed E-state index contributed by atoms with van der Waals surface area (Å²) in [5, 5.41) is 10.6. The summed E-state index contributed by atoms with van der Waals surface area (Å²) >= 11 is 0. The largest absolute Gasteiger partial charge is 0.508 e. The maximum Gasteiger partial charge on any atom is 0.126 e. The molecule has 1 atom stereocenters. The van der Waals surface area contributed by atoms with E-state index in [0.29, 0.717) is 19.0 Å². The molecule has 0 aromatic heterocycles. The molecule has 2 saturated heterocycles. The molecule has 0 spiro atoms. The van der Waals surface area contributed by atoms with Crippen LogP contribution in [0.1, 0.15) is 71.3 Å². The minimum absolute atomic E-state index is 0.113. The number of phenolic OH excluding ortho intramolecular Hbond substituents is 1. The Morgan fingerprint density at radius 2 is 2.03 bits per heavy atom. The molecule has 2 aliphatic heterocycles. The van der Waals surface area contributed by atoms with Crippen LogP contribution in [-0.4, -0.2) is 23.9 Å². The molecule has 4 heteroatoms. The molecule has 156 valence electrons. The smallest absolute Gasteiger partial charge is 0.126 e. The predicted molar refractivity (Wildman–Crippen MR) is 114 cm³/mol. The number of hydrogen-bond donors (Lipinski definition) is 1. The SMILES string of the molecule is CCOc1ccc(C2CO\C3=C4/CCC(C)(C)O/C4=C/C(C)=C(\CC3)C2)c(O)c1. The molecule has 4 nitrogen and oxygen atoms in total. The van der Waals surface area contributed by atoms with Gasteiger partial charge in [0, 0.05) is 29.5 Å². The molecule has 1 aromatic rings. The van der Waals surface area contributed by atoms with Gasteiger partial charge in [0.2, 0.25) is 0 Å². The first-order valence-electron chi connectivity index (χ1n) is 10.8. The fraction of sp³-hybridized carbons (Fsp3) is 0.520. The van der Waals surface area contributed by atoms with Gasteiger partial charge in [0.15, 0.2) is 0 Å². The summed E-state index contributed by atoms with van der Waals surface area (Å²) in [6.07, 6.45) is 6.97. The fourth-order valence-electron chi connectivity index (χ4n) is 4.57. The molecule has 2 bridgehead atoms. The first kappa shape index (κ1) is 19.9. The Balaban J connectivity index is 1.70. The van der Waals surface area contributed by atoms with Crippen molar-refractivity contribution < 1.29 is 19.3 Å². The minimum Gasteiger partial charge on any atom is -0.508 e. The topological polar surface area (TPSA) is 47.9 Å². The monoisotopic (exact) mass is 396 g/mol. The van der Waals surface area contributed by atoms with E-state index in [9.17, 15) is 5.11 Å². The molecule has 1 N–H and O–H groups in total. The molecule has 4 rings (SSSR count). The standard InChI is InChI=1S/C25H32O4/c1-5-27-19-7-8-20(22(26)14-19)18-13-17-6-9-23(28-15-18)21-10-11-25(3,4)29-24(21)12-16(17)2/h7-8,12,14,18,26H,5-6,9-11,13,15H2,1-4H3/b17-16+,23-21+,24-12+. The molecule has 1 aliphatic carbocycles. The van der Waals surface area contributed by atoms with Gasteiger partial charge in [-0.2, -0.15) is 0 Å². The zero-order chi connectivity index (χ0) is 20.6. The van der Waals surface area contributed by atoms with Gasteiger partial charge in [-0.3, -0.25) is 0 Å². The van der Waals surface area contributed by atoms with Crippen LogP contribution in [0.25, 0.3) is 0 Å². The van der Waals surface area contributed by atoms with Crippen LogP contribution in [0, 0.1) is 0 Å². The van der Waals surface area contributed by atoms with Gasteiger partial charge < -0.3 is 19.3 Å². The molecular formula is C25H32O4. The number of aromatic hydroxyl groups is 1. The summed E-state index contributed by atoms with van der Waals surface area (Å²) in [6.45, 7) is 9.59. The van der Waals surface area contributed by atoms with E-state index in [0.717, 1.165) is 49.2 Å². The second-order valence-electron chi connectivity index (χ2n) is 8.92. The Bertz CT molecular complexity index is 888. The van der Waals surface area contributed by atoms with Gasteiger partial charge in [0.25, 0.3) is 0 Å². The molecule has 0 radical (unpaired) electrons. The van der Waals surface area contributed by atoms with Gasteiger partial charge in [-0.25, -0.2) is 0 Å². The van der Waals surface area contributed by atoms with Gasteiger partial charge in [-0.05, 0) is 71.1 Å². The third kappa shape index (κ3) is 4.17. The van der Waals surface area contributed by atoms with Crippen LogP contribution in [0.3, 0.4) is 0 Å². The molecule has 2 heterocycles. The van der Waals surface area contributed by atoms with E-state index >= 15 is 0 Å². The van der Waals surface area contributed by atoms with Crippen molar-refractivity contribution >= 4 is 0 Å². The number of fused-ring (bicyclic) bond motifs is 4. The highest BCUT2D eigenvalue weighted by atomic mass is 16.5. The average molecular weight is 397 g/mol. The molecule has 0 amide bonds. The Morgan fingerprint density at radius 3 is 2.79 bits per heavy atom. The Labute approximate surface area is 173 Å². The van der Waals surface area contributed by atoms with Crippen molar-refractivity contribution in [3.63, 3.8) is 0 Å². The number of phenols is 1. The van der Waals surface area contributed by atoms with Crippen LogP contribution >= 0.6 is 0 Å². The molecule has 2 fully saturated rings. The lowest BCUT2D eigenvalue weighted by molar-refractivity contribution is 0.0120. The number of rotatable bonds is 3. The second kappa shape index (κ2) is 7.81. The van der Waals surface area contributed by atoms with Gasteiger partial charge in [-0.1, -0.05) is 11.6 Å². The summed E-state index contributed by atoms with van der Waals surface area (Å²) < 4.78 is 18.2. The maximum absolute atomic E-state index is 10.6. The van der Waals surface area contributed by atoms with Gasteiger partial charge in [0.1, 0.15) is 28.6 Å². The van der Waals surface area contributed by atoms with E-state index in [2.05, 4.69) is 26.8 Å². The summed E-state index contributed by atoms with van der Waals surface area (Å²) in [4.78, 5) is 0. The van der Waals surface area contributed by atoms with E-state index in [-0.39, 0.29) is 17.3 Å². The summed E-state index contributed by atoms with van der Waals surface area (Å²) in [6, 6.07) is 5.64. The van der Waals surface area contributed by atoms with Crippen molar-refractivity contribution in [2.45, 2.75) is 71.3 Å². The Morgan fingerprint density at radius 1 is 1.21 bits per heavy atom. The average Bonchev–Trinajstić information content (AvgIpc) is 2.63. The minimum atomic E-state index is -0.138. The molecule has 3 aliphatic rings. The molecule has 1 unspecified atom stereocenters. The van der Waals surface area contributed by atoms with E-state index in [1.165, 1.54) is 16.7 Å². The lowest BCUT2D eigenvalue weighted by Gasteiger charge is -2.37. The molecule has 0 saturated carbocycles. The van der Waals surface area contributed by atoms with Crippen LogP contribution in [0.4, 0.5) is 0 Å². The Hall–Kier alpha value is -2.36. The van der Waals surface area contributed by atoms with Gasteiger partial charge in [-0.15, -0.1) is 0 Å². The quantitative estimate of drug-likeness (QED) is 0.667. The van der Waals surface area contributed by atoms with Crippen molar-refractivity contribution in [1.82, 2.24) is 0 Å². The zero-order valence-electron chi connectivity index (χ0n) is 18.0. The highest BCUT2D eigenvalue weighted by Gasteiger charge is 2.33. The molecular weight excluding hydrogens is 364 g/mol.